The second-order valence-electron chi connectivity index (χ2n) is 16.6. The summed E-state index contributed by atoms with van der Waals surface area (Å²) in [6.07, 6.45) is 35.8. The van der Waals surface area contributed by atoms with E-state index in [1.54, 1.807) is 0 Å². The summed E-state index contributed by atoms with van der Waals surface area (Å²) < 4.78 is 0. The molecule has 0 atom stereocenters. The Hall–Kier alpha value is -1.18. The minimum absolute atomic E-state index is 0.151. The van der Waals surface area contributed by atoms with E-state index in [2.05, 4.69) is 51.8 Å². The van der Waals surface area contributed by atoms with Crippen LogP contribution in [0.15, 0.2) is 0 Å². The lowest BCUT2D eigenvalue weighted by Gasteiger charge is -2.30. The van der Waals surface area contributed by atoms with Gasteiger partial charge in [-0.3, -0.25) is 9.59 Å². The Labute approximate surface area is 325 Å². The van der Waals surface area contributed by atoms with Crippen LogP contribution >= 0.6 is 0 Å². The van der Waals surface area contributed by atoms with E-state index in [1.807, 2.05) is 9.80 Å². The van der Waals surface area contributed by atoms with Crippen molar-refractivity contribution in [1.29, 1.82) is 0 Å². The predicted octanol–water partition coefficient (Wildman–Crippen LogP) is 10.9. The lowest BCUT2D eigenvalue weighted by molar-refractivity contribution is -0.135. The van der Waals surface area contributed by atoms with Crippen LogP contribution in [0.5, 0.6) is 0 Å². The first-order valence-electron chi connectivity index (χ1n) is 22.7. The van der Waals surface area contributed by atoms with Crippen LogP contribution in [0.1, 0.15) is 206 Å². The molecule has 1 N–H and O–H groups in total. The quantitative estimate of drug-likeness (QED) is 0.0635. The first-order chi connectivity index (χ1) is 25.2. The molecule has 0 unspecified atom stereocenters. The van der Waals surface area contributed by atoms with Gasteiger partial charge < -0.3 is 24.7 Å². The molecule has 0 aromatic rings. The summed E-state index contributed by atoms with van der Waals surface area (Å²) in [5, 5.41) is 11.3. The maximum Gasteiger partial charge on any atom is 0.222 e. The van der Waals surface area contributed by atoms with E-state index in [1.165, 1.54) is 141 Å². The highest BCUT2D eigenvalue weighted by atomic mass is 16.3. The van der Waals surface area contributed by atoms with Crippen molar-refractivity contribution in [2.45, 2.75) is 213 Å². The molecule has 0 heterocycles. The third kappa shape index (κ3) is 34.6. The van der Waals surface area contributed by atoms with Gasteiger partial charge in [0.2, 0.25) is 11.8 Å². The standard InChI is InChI=1S/C45H92N4O3/c1-7-9-11-13-15-17-19-21-23-25-27-29-31-35-44(51)48(39-33-37-46(3)4)41-43(50)42-49(40-34-38-47(5)6)45(52)36-32-30-28-26-24-22-20-18-16-14-12-10-8-2/h43,50H,7-42H2,1-6H3. The van der Waals surface area contributed by atoms with Gasteiger partial charge in [-0.25, -0.2) is 0 Å². The van der Waals surface area contributed by atoms with Gasteiger partial charge in [-0.1, -0.05) is 168 Å². The second kappa shape index (κ2) is 38.1. The van der Waals surface area contributed by atoms with Gasteiger partial charge in [-0.05, 0) is 67.0 Å². The topological polar surface area (TPSA) is 67.3 Å². The zero-order valence-electron chi connectivity index (χ0n) is 36.1. The smallest absolute Gasteiger partial charge is 0.222 e. The van der Waals surface area contributed by atoms with Crippen LogP contribution < -0.4 is 0 Å². The van der Waals surface area contributed by atoms with Gasteiger partial charge >= 0.3 is 0 Å². The zero-order valence-corrected chi connectivity index (χ0v) is 36.1. The Morgan fingerprint density at radius 1 is 0.385 bits per heavy atom. The highest BCUT2D eigenvalue weighted by Gasteiger charge is 2.22. The minimum atomic E-state index is -0.732. The monoisotopic (exact) mass is 737 g/mol. The van der Waals surface area contributed by atoms with E-state index in [-0.39, 0.29) is 11.8 Å². The molecule has 0 fully saturated rings. The number of amides is 2. The number of aliphatic hydroxyl groups is 1. The highest BCUT2D eigenvalue weighted by molar-refractivity contribution is 5.77. The fraction of sp³-hybridized carbons (Fsp3) is 0.956. The molecule has 0 saturated heterocycles. The molecule has 310 valence electrons. The summed E-state index contributed by atoms with van der Waals surface area (Å²) in [7, 11) is 8.23. The Bertz CT molecular complexity index is 716. The molecule has 0 aromatic carbocycles. The number of rotatable bonds is 40. The zero-order chi connectivity index (χ0) is 38.5. The van der Waals surface area contributed by atoms with Crippen molar-refractivity contribution in [3.05, 3.63) is 0 Å². The van der Waals surface area contributed by atoms with Gasteiger partial charge in [0.1, 0.15) is 0 Å². The predicted molar refractivity (Wildman–Crippen MR) is 226 cm³/mol. The third-order valence-electron chi connectivity index (χ3n) is 10.6. The molecular formula is C45H92N4O3. The van der Waals surface area contributed by atoms with E-state index in [0.29, 0.717) is 39.0 Å². The van der Waals surface area contributed by atoms with Gasteiger partial charge in [0.25, 0.3) is 0 Å². The SMILES string of the molecule is CCCCCCCCCCCCCCCC(=O)N(CCCN(C)C)CC(O)CN(CCCN(C)C)C(=O)CCCCCCCCCCCCCCC. The number of hydrogen-bond acceptors (Lipinski definition) is 5. The molecule has 0 aliphatic carbocycles. The molecule has 0 aliphatic rings. The van der Waals surface area contributed by atoms with Crippen LogP contribution in [0, 0.1) is 0 Å². The van der Waals surface area contributed by atoms with E-state index < -0.39 is 6.10 Å². The normalized spacial score (nSPS) is 11.7. The van der Waals surface area contributed by atoms with Crippen LogP contribution in [0.3, 0.4) is 0 Å². The van der Waals surface area contributed by atoms with E-state index in [9.17, 15) is 14.7 Å². The van der Waals surface area contributed by atoms with Crippen molar-refractivity contribution in [3.63, 3.8) is 0 Å². The van der Waals surface area contributed by atoms with Gasteiger partial charge in [0.15, 0.2) is 0 Å². The van der Waals surface area contributed by atoms with Crippen molar-refractivity contribution in [2.75, 3.05) is 67.5 Å². The average molecular weight is 737 g/mol. The number of carbonyl (C=O) groups is 2. The van der Waals surface area contributed by atoms with E-state index in [0.717, 1.165) is 51.6 Å². The Morgan fingerprint density at radius 3 is 0.885 bits per heavy atom. The summed E-state index contributed by atoms with van der Waals surface area (Å²) in [6.45, 7) is 8.29. The van der Waals surface area contributed by atoms with Crippen molar-refractivity contribution < 1.29 is 14.7 Å². The number of carbonyl (C=O) groups excluding carboxylic acids is 2. The van der Waals surface area contributed by atoms with Crippen molar-refractivity contribution in [2.24, 2.45) is 0 Å². The Balaban J connectivity index is 4.63. The highest BCUT2D eigenvalue weighted by Crippen LogP contribution is 2.16. The van der Waals surface area contributed by atoms with Crippen LogP contribution in [-0.4, -0.2) is 110 Å². The van der Waals surface area contributed by atoms with Gasteiger partial charge in [0, 0.05) is 39.0 Å². The summed E-state index contributed by atoms with van der Waals surface area (Å²) in [4.78, 5) is 34.8. The maximum absolute atomic E-state index is 13.4. The van der Waals surface area contributed by atoms with Crippen molar-refractivity contribution >= 4 is 11.8 Å². The number of nitrogens with zero attached hydrogens (tertiary/aromatic N) is 4. The molecule has 2 amide bonds. The van der Waals surface area contributed by atoms with Gasteiger partial charge in [-0.15, -0.1) is 0 Å². The Kier molecular flexibility index (Phi) is 37.2. The first kappa shape index (κ1) is 50.8. The molecule has 0 radical (unpaired) electrons. The van der Waals surface area contributed by atoms with Crippen molar-refractivity contribution in [3.8, 4) is 0 Å². The molecule has 0 spiro atoms. The summed E-state index contributed by atoms with van der Waals surface area (Å²) >= 11 is 0. The average Bonchev–Trinajstić information content (AvgIpc) is 3.10. The lowest BCUT2D eigenvalue weighted by atomic mass is 10.0. The van der Waals surface area contributed by atoms with E-state index >= 15 is 0 Å². The van der Waals surface area contributed by atoms with Crippen LogP contribution in [0.2, 0.25) is 0 Å². The largest absolute Gasteiger partial charge is 0.389 e. The lowest BCUT2D eigenvalue weighted by Crippen LogP contribution is -2.45. The molecule has 0 saturated carbocycles. The summed E-state index contributed by atoms with van der Waals surface area (Å²) in [5.74, 6) is 0.302. The van der Waals surface area contributed by atoms with Crippen molar-refractivity contribution in [1.82, 2.24) is 19.6 Å². The fourth-order valence-electron chi connectivity index (χ4n) is 7.26. The second-order valence-corrected chi connectivity index (χ2v) is 16.6. The molecule has 0 rings (SSSR count). The summed E-state index contributed by atoms with van der Waals surface area (Å²) in [6, 6.07) is 0. The molecule has 0 aliphatic heterocycles. The molecule has 7 nitrogen and oxygen atoms in total. The number of hydrogen-bond donors (Lipinski definition) is 1. The minimum Gasteiger partial charge on any atom is -0.389 e. The molecular weight excluding hydrogens is 645 g/mol. The molecule has 0 aromatic heterocycles. The van der Waals surface area contributed by atoms with Gasteiger partial charge in [-0.2, -0.15) is 0 Å². The summed E-state index contributed by atoms with van der Waals surface area (Å²) in [5.41, 5.74) is 0. The van der Waals surface area contributed by atoms with Crippen LogP contribution in [0.4, 0.5) is 0 Å². The third-order valence-corrected chi connectivity index (χ3v) is 10.6. The molecule has 7 heteroatoms. The molecule has 52 heavy (non-hydrogen) atoms. The number of aliphatic hydroxyl groups excluding tert-OH is 1. The fourth-order valence-corrected chi connectivity index (χ4v) is 7.26. The van der Waals surface area contributed by atoms with Gasteiger partial charge in [0.05, 0.1) is 6.10 Å². The van der Waals surface area contributed by atoms with Crippen LogP contribution in [0.25, 0.3) is 0 Å². The molecule has 0 bridgehead atoms. The Morgan fingerprint density at radius 2 is 0.635 bits per heavy atom. The number of unbranched alkanes of at least 4 members (excludes halogenated alkanes) is 24. The van der Waals surface area contributed by atoms with Crippen LogP contribution in [-0.2, 0) is 9.59 Å². The maximum atomic E-state index is 13.4. The first-order valence-corrected chi connectivity index (χ1v) is 22.7. The van der Waals surface area contributed by atoms with E-state index in [4.69, 9.17) is 0 Å².